The van der Waals surface area contributed by atoms with Crippen molar-refractivity contribution in [3.8, 4) is 11.5 Å². The highest BCUT2D eigenvalue weighted by Gasteiger charge is 2.22. The van der Waals surface area contributed by atoms with Crippen molar-refractivity contribution >= 4 is 23.3 Å². The van der Waals surface area contributed by atoms with Gasteiger partial charge in [-0.2, -0.15) is 0 Å². The third-order valence-corrected chi connectivity index (χ3v) is 3.85. The number of aliphatic hydroxyl groups excluding tert-OH is 1. The maximum Gasteiger partial charge on any atom is 0.340 e. The van der Waals surface area contributed by atoms with Crippen molar-refractivity contribution in [3.63, 3.8) is 0 Å². The molecule has 1 heterocycles. The van der Waals surface area contributed by atoms with Crippen LogP contribution in [0.3, 0.4) is 0 Å². The van der Waals surface area contributed by atoms with Gasteiger partial charge in [-0.1, -0.05) is 30.3 Å². The molecule has 0 bridgehead atoms. The van der Waals surface area contributed by atoms with Gasteiger partial charge in [0.25, 0.3) is 5.91 Å². The molecule has 0 spiro atoms. The summed E-state index contributed by atoms with van der Waals surface area (Å²) in [5.41, 5.74) is 0.817. The molecule has 1 atom stereocenters. The largest absolute Gasteiger partial charge is 0.454 e. The smallest absolute Gasteiger partial charge is 0.340 e. The van der Waals surface area contributed by atoms with Crippen molar-refractivity contribution in [2.45, 2.75) is 13.0 Å². The summed E-state index contributed by atoms with van der Waals surface area (Å²) in [5, 5.41) is 12.4. The molecule has 140 valence electrons. The Kier molecular flexibility index (Phi) is 5.37. The number of benzene rings is 2. The number of ketones is 1. The molecule has 0 radical (unpaired) electrons. The first-order chi connectivity index (χ1) is 13.0. The number of ether oxygens (including phenoxy) is 3. The second kappa shape index (κ2) is 7.88. The first-order valence-electron chi connectivity index (χ1n) is 8.10. The number of Topliss-reactive ketones (excluding diaryl/α,β-unsaturated/α-hetero) is 1. The molecule has 27 heavy (non-hydrogen) atoms. The molecule has 2 aromatic carbocycles. The molecule has 1 aliphatic rings. The fourth-order valence-electron chi connectivity index (χ4n) is 2.51. The maximum atomic E-state index is 12.1. The highest BCUT2D eigenvalue weighted by molar-refractivity contribution is 6.05. The molecule has 0 fully saturated rings. The van der Waals surface area contributed by atoms with Crippen LogP contribution < -0.4 is 14.8 Å². The number of carbonyl (C=O) groups is 3. The third-order valence-electron chi connectivity index (χ3n) is 3.85. The second-order valence-corrected chi connectivity index (χ2v) is 5.78. The van der Waals surface area contributed by atoms with Gasteiger partial charge in [0.15, 0.2) is 30.0 Å². The van der Waals surface area contributed by atoms with Gasteiger partial charge in [-0.05, 0) is 18.6 Å². The Morgan fingerprint density at radius 2 is 1.81 bits per heavy atom. The summed E-state index contributed by atoms with van der Waals surface area (Å²) < 4.78 is 15.3. The Balaban J connectivity index is 1.63. The molecule has 0 aliphatic carbocycles. The Morgan fingerprint density at radius 3 is 2.48 bits per heavy atom. The number of fused-ring (bicyclic) bond motifs is 1. The molecular formula is C19H17NO7. The van der Waals surface area contributed by atoms with Gasteiger partial charge in [0, 0.05) is 11.6 Å². The maximum absolute atomic E-state index is 12.1. The van der Waals surface area contributed by atoms with Gasteiger partial charge in [0.2, 0.25) is 6.79 Å². The predicted molar refractivity (Wildman–Crippen MR) is 93.6 cm³/mol. The van der Waals surface area contributed by atoms with Crippen LogP contribution in [0, 0.1) is 0 Å². The van der Waals surface area contributed by atoms with Gasteiger partial charge in [-0.25, -0.2) is 4.79 Å². The van der Waals surface area contributed by atoms with E-state index in [1.165, 1.54) is 19.1 Å². The summed E-state index contributed by atoms with van der Waals surface area (Å²) in [6.45, 7) is 0.761. The van der Waals surface area contributed by atoms with Crippen LogP contribution in [0.4, 0.5) is 5.69 Å². The number of aliphatic hydroxyl groups is 1. The molecule has 2 N–H and O–H groups in total. The normalized spacial score (nSPS) is 13.0. The zero-order valence-corrected chi connectivity index (χ0v) is 14.4. The lowest BCUT2D eigenvalue weighted by Gasteiger charge is -2.12. The van der Waals surface area contributed by atoms with E-state index in [-0.39, 0.29) is 23.8 Å². The molecule has 0 unspecified atom stereocenters. The highest BCUT2D eigenvalue weighted by atomic mass is 16.7. The van der Waals surface area contributed by atoms with Crippen LogP contribution >= 0.6 is 0 Å². The highest BCUT2D eigenvalue weighted by Crippen LogP contribution is 2.37. The first kappa shape index (κ1) is 18.4. The molecule has 1 aliphatic heterocycles. The number of hydrogen-bond donors (Lipinski definition) is 2. The minimum atomic E-state index is -1.49. The van der Waals surface area contributed by atoms with Gasteiger partial charge < -0.3 is 24.6 Å². The number of nitrogens with one attached hydrogen (secondary N) is 1. The van der Waals surface area contributed by atoms with Crippen LogP contribution in [0.5, 0.6) is 11.5 Å². The van der Waals surface area contributed by atoms with Gasteiger partial charge in [-0.15, -0.1) is 0 Å². The van der Waals surface area contributed by atoms with Gasteiger partial charge in [0.05, 0.1) is 5.69 Å². The molecule has 2 aromatic rings. The van der Waals surface area contributed by atoms with Crippen LogP contribution in [0.15, 0.2) is 42.5 Å². The van der Waals surface area contributed by atoms with Crippen molar-refractivity contribution in [1.29, 1.82) is 0 Å². The van der Waals surface area contributed by atoms with Crippen molar-refractivity contribution in [2.75, 3.05) is 18.7 Å². The Bertz CT molecular complexity index is 879. The Morgan fingerprint density at radius 1 is 1.15 bits per heavy atom. The molecular weight excluding hydrogens is 354 g/mol. The molecule has 1 amide bonds. The quantitative estimate of drug-likeness (QED) is 0.589. The van der Waals surface area contributed by atoms with E-state index < -0.39 is 24.6 Å². The molecule has 8 heteroatoms. The Labute approximate surface area is 154 Å². The summed E-state index contributed by atoms with van der Waals surface area (Å²) >= 11 is 0. The van der Waals surface area contributed by atoms with Crippen LogP contribution in [0.25, 0.3) is 0 Å². The average Bonchev–Trinajstić information content (AvgIpc) is 3.12. The number of esters is 1. The van der Waals surface area contributed by atoms with E-state index in [4.69, 9.17) is 14.2 Å². The van der Waals surface area contributed by atoms with E-state index in [0.29, 0.717) is 17.1 Å². The zero-order valence-electron chi connectivity index (χ0n) is 14.4. The number of carbonyl (C=O) groups excluding carboxylic acids is 3. The molecule has 0 saturated heterocycles. The van der Waals surface area contributed by atoms with Gasteiger partial charge >= 0.3 is 5.97 Å². The number of rotatable bonds is 6. The van der Waals surface area contributed by atoms with Crippen LogP contribution in [0.1, 0.15) is 28.9 Å². The van der Waals surface area contributed by atoms with E-state index in [0.717, 1.165) is 0 Å². The van der Waals surface area contributed by atoms with E-state index in [1.807, 2.05) is 0 Å². The summed E-state index contributed by atoms with van der Waals surface area (Å²) in [7, 11) is 0. The SMILES string of the molecule is CC(=O)c1cc2c(cc1NC(=O)COC(=O)[C@H](O)c1ccccc1)OCO2. The first-order valence-corrected chi connectivity index (χ1v) is 8.10. The van der Waals surface area contributed by atoms with E-state index in [1.54, 1.807) is 30.3 Å². The molecule has 3 rings (SSSR count). The topological polar surface area (TPSA) is 111 Å². The standard InChI is InChI=1S/C19H17NO7/c1-11(21)13-7-15-16(27-10-26-15)8-14(13)20-17(22)9-25-19(24)18(23)12-5-3-2-4-6-12/h2-8,18,23H,9-10H2,1H3,(H,20,22)/t18-/m1/s1. The number of hydrogen-bond acceptors (Lipinski definition) is 7. The van der Waals surface area contributed by atoms with Gasteiger partial charge in [-0.3, -0.25) is 9.59 Å². The van der Waals surface area contributed by atoms with Crippen LogP contribution in [0.2, 0.25) is 0 Å². The average molecular weight is 371 g/mol. The summed E-state index contributed by atoms with van der Waals surface area (Å²) in [4.78, 5) is 35.8. The minimum absolute atomic E-state index is 0.0269. The number of amides is 1. The Hall–Kier alpha value is -3.39. The lowest BCUT2D eigenvalue weighted by atomic mass is 10.1. The third kappa shape index (κ3) is 4.24. The lowest BCUT2D eigenvalue weighted by Crippen LogP contribution is -2.24. The molecule has 0 saturated carbocycles. The summed E-state index contributed by atoms with van der Waals surface area (Å²) in [5.74, 6) is -1.08. The fraction of sp³-hybridized carbons (Fsp3) is 0.211. The van der Waals surface area contributed by atoms with Crippen LogP contribution in [-0.4, -0.2) is 36.2 Å². The second-order valence-electron chi connectivity index (χ2n) is 5.78. The zero-order chi connectivity index (χ0) is 19.4. The van der Waals surface area contributed by atoms with Crippen molar-refractivity contribution in [3.05, 3.63) is 53.6 Å². The number of anilines is 1. The molecule has 8 nitrogen and oxygen atoms in total. The van der Waals surface area contributed by atoms with E-state index in [2.05, 4.69) is 5.32 Å². The minimum Gasteiger partial charge on any atom is -0.454 e. The fourth-order valence-corrected chi connectivity index (χ4v) is 2.51. The van der Waals surface area contributed by atoms with E-state index in [9.17, 15) is 19.5 Å². The monoisotopic (exact) mass is 371 g/mol. The van der Waals surface area contributed by atoms with Gasteiger partial charge in [0.1, 0.15) is 0 Å². The van der Waals surface area contributed by atoms with E-state index >= 15 is 0 Å². The molecule has 0 aromatic heterocycles. The summed E-state index contributed by atoms with van der Waals surface area (Å²) in [6.07, 6.45) is -1.49. The van der Waals surface area contributed by atoms with Crippen molar-refractivity contribution in [2.24, 2.45) is 0 Å². The summed E-state index contributed by atoms with van der Waals surface area (Å²) in [6, 6.07) is 11.2. The predicted octanol–water partition coefficient (Wildman–Crippen LogP) is 1.83. The van der Waals surface area contributed by atoms with Crippen LogP contribution in [-0.2, 0) is 14.3 Å². The van der Waals surface area contributed by atoms with Crippen molar-refractivity contribution in [1.82, 2.24) is 0 Å². The lowest BCUT2D eigenvalue weighted by molar-refractivity contribution is -0.156. The van der Waals surface area contributed by atoms with Crippen molar-refractivity contribution < 1.29 is 33.7 Å².